The number of carbonyl (C=O) groups excluding carboxylic acids is 2. The predicted octanol–water partition coefficient (Wildman–Crippen LogP) is 6.61. The van der Waals surface area contributed by atoms with Crippen LogP contribution in [-0.4, -0.2) is 25.5 Å². The van der Waals surface area contributed by atoms with Crippen molar-refractivity contribution in [3.63, 3.8) is 0 Å². The highest BCUT2D eigenvalue weighted by molar-refractivity contribution is 14.1. The molecule has 0 saturated heterocycles. The van der Waals surface area contributed by atoms with Gasteiger partial charge in [0.1, 0.15) is 6.61 Å². The van der Waals surface area contributed by atoms with E-state index in [1.54, 1.807) is 0 Å². The number of Topliss-reactive ketones (excluding diaryl/α,β-unsaturated/α-hetero) is 1. The summed E-state index contributed by atoms with van der Waals surface area (Å²) in [6, 6.07) is 19.5. The molecule has 1 N–H and O–H groups in total. The fraction of sp³-hybridized carbons (Fsp3) is 0.200. The van der Waals surface area contributed by atoms with Crippen LogP contribution in [0.25, 0.3) is 5.70 Å². The summed E-state index contributed by atoms with van der Waals surface area (Å²) in [7, 11) is 1.35. The molecule has 0 radical (unpaired) electrons. The Kier molecular flexibility index (Phi) is 7.80. The Morgan fingerprint density at radius 1 is 1.00 bits per heavy atom. The Hall–Kier alpha value is -2.86. The molecule has 5 rings (SSSR count). The number of fused-ring (bicyclic) bond motifs is 2. The topological polar surface area (TPSA) is 73.9 Å². The van der Waals surface area contributed by atoms with Crippen molar-refractivity contribution in [2.75, 3.05) is 13.7 Å². The van der Waals surface area contributed by atoms with Gasteiger partial charge in [-0.3, -0.25) is 4.79 Å². The van der Waals surface area contributed by atoms with Crippen molar-refractivity contribution in [3.05, 3.63) is 107 Å². The van der Waals surface area contributed by atoms with Gasteiger partial charge >= 0.3 is 5.97 Å². The molecule has 0 saturated carbocycles. The van der Waals surface area contributed by atoms with Crippen LogP contribution in [0.5, 0.6) is 11.5 Å². The molecular formula is C30H25I2NO5. The van der Waals surface area contributed by atoms with Crippen molar-refractivity contribution in [2.24, 2.45) is 0 Å². The first-order valence-electron chi connectivity index (χ1n) is 12.1. The van der Waals surface area contributed by atoms with E-state index in [4.69, 9.17) is 14.2 Å². The van der Waals surface area contributed by atoms with E-state index >= 15 is 0 Å². The minimum absolute atomic E-state index is 0.103. The van der Waals surface area contributed by atoms with Gasteiger partial charge in [0, 0.05) is 31.9 Å². The number of benzene rings is 3. The van der Waals surface area contributed by atoms with E-state index in [2.05, 4.69) is 50.5 Å². The Morgan fingerprint density at radius 2 is 1.71 bits per heavy atom. The van der Waals surface area contributed by atoms with Crippen LogP contribution >= 0.6 is 45.2 Å². The first-order chi connectivity index (χ1) is 18.3. The van der Waals surface area contributed by atoms with E-state index in [-0.39, 0.29) is 5.78 Å². The van der Waals surface area contributed by atoms with Crippen molar-refractivity contribution in [2.45, 2.75) is 26.4 Å². The molecule has 1 heterocycles. The van der Waals surface area contributed by atoms with Gasteiger partial charge < -0.3 is 19.5 Å². The number of ketones is 1. The lowest BCUT2D eigenvalue weighted by molar-refractivity contribution is -0.136. The zero-order valence-corrected chi connectivity index (χ0v) is 25.4. The van der Waals surface area contributed by atoms with Gasteiger partial charge in [0.15, 0.2) is 17.3 Å². The summed E-state index contributed by atoms with van der Waals surface area (Å²) in [5.74, 6) is -0.0300. The lowest BCUT2D eigenvalue weighted by Gasteiger charge is -2.29. The number of nitrogens with one attached hydrogen (secondary N) is 1. The fourth-order valence-corrected chi connectivity index (χ4v) is 6.08. The zero-order valence-electron chi connectivity index (χ0n) is 21.1. The highest BCUT2D eigenvalue weighted by atomic mass is 127. The molecule has 38 heavy (non-hydrogen) atoms. The number of carbonyl (C=O) groups is 2. The SMILES string of the molecule is CCOc1cc([C@H]2C(C(=O)OC)=C(C)NC3=C2C(=O)c2ccccc23)cc(I)c1OCc1ccc(I)cc1. The van der Waals surface area contributed by atoms with E-state index in [1.807, 2.05) is 74.5 Å². The molecule has 0 fully saturated rings. The van der Waals surface area contributed by atoms with Crippen LogP contribution in [0.3, 0.4) is 0 Å². The maximum atomic E-state index is 13.7. The molecule has 3 aromatic carbocycles. The minimum Gasteiger partial charge on any atom is -0.490 e. The maximum Gasteiger partial charge on any atom is 0.336 e. The third-order valence-electron chi connectivity index (χ3n) is 6.62. The first kappa shape index (κ1) is 26.7. The third-order valence-corrected chi connectivity index (χ3v) is 8.14. The van der Waals surface area contributed by atoms with E-state index < -0.39 is 11.9 Å². The summed E-state index contributed by atoms with van der Waals surface area (Å²) in [5, 5.41) is 3.32. The monoisotopic (exact) mass is 733 g/mol. The fourth-order valence-electron chi connectivity index (χ4n) is 4.94. The van der Waals surface area contributed by atoms with Gasteiger partial charge in [-0.2, -0.15) is 0 Å². The molecule has 0 unspecified atom stereocenters. The lowest BCUT2D eigenvalue weighted by atomic mass is 9.79. The molecule has 2 aliphatic rings. The van der Waals surface area contributed by atoms with Gasteiger partial charge in [0.2, 0.25) is 0 Å². The quantitative estimate of drug-likeness (QED) is 0.218. The zero-order chi connectivity index (χ0) is 27.0. The Bertz CT molecular complexity index is 1510. The summed E-state index contributed by atoms with van der Waals surface area (Å²) in [4.78, 5) is 26.8. The van der Waals surface area contributed by atoms with Crippen molar-refractivity contribution in [1.29, 1.82) is 0 Å². The molecule has 0 amide bonds. The molecule has 0 spiro atoms. The van der Waals surface area contributed by atoms with Crippen LogP contribution in [0.4, 0.5) is 0 Å². The second-order valence-corrected chi connectivity index (χ2v) is 11.3. The van der Waals surface area contributed by atoms with Crippen LogP contribution in [-0.2, 0) is 16.1 Å². The molecule has 194 valence electrons. The second kappa shape index (κ2) is 11.1. The van der Waals surface area contributed by atoms with E-state index in [1.165, 1.54) is 7.11 Å². The average Bonchev–Trinajstić information content (AvgIpc) is 3.19. The van der Waals surface area contributed by atoms with Gasteiger partial charge in [-0.15, -0.1) is 0 Å². The van der Waals surface area contributed by atoms with Crippen molar-refractivity contribution in [1.82, 2.24) is 5.32 Å². The van der Waals surface area contributed by atoms with Gasteiger partial charge in [-0.25, -0.2) is 4.79 Å². The smallest absolute Gasteiger partial charge is 0.336 e. The molecule has 0 bridgehead atoms. The number of rotatable bonds is 7. The number of methoxy groups -OCH3 is 1. The number of esters is 1. The average molecular weight is 733 g/mol. The van der Waals surface area contributed by atoms with Gasteiger partial charge in [-0.05, 0) is 94.4 Å². The lowest BCUT2D eigenvalue weighted by Crippen LogP contribution is -2.29. The molecule has 8 heteroatoms. The molecule has 1 atom stereocenters. The first-order valence-corrected chi connectivity index (χ1v) is 14.3. The minimum atomic E-state index is -0.628. The molecule has 1 aliphatic carbocycles. The van der Waals surface area contributed by atoms with Crippen molar-refractivity contribution in [3.8, 4) is 11.5 Å². The standard InChI is InChI=1S/C30H25I2NO5/c1-4-37-23-14-18(13-22(32)29(23)38-15-17-9-11-19(31)12-10-17)25-24(30(35)36-3)16(2)33-27-20-7-5-6-8-21(20)28(34)26(25)27/h5-14,25,33H,4,15H2,1-3H3/t25-/m0/s1. The number of allylic oxidation sites excluding steroid dienone is 2. The van der Waals surface area contributed by atoms with Crippen LogP contribution in [0, 0.1) is 7.14 Å². The van der Waals surface area contributed by atoms with Gasteiger partial charge in [0.05, 0.1) is 28.6 Å². The molecule has 0 aromatic heterocycles. The Labute approximate surface area is 248 Å². The van der Waals surface area contributed by atoms with Crippen LogP contribution < -0.4 is 14.8 Å². The van der Waals surface area contributed by atoms with Crippen molar-refractivity contribution < 1.29 is 23.8 Å². The summed E-state index contributed by atoms with van der Waals surface area (Å²) < 4.78 is 19.4. The molecule has 3 aromatic rings. The largest absolute Gasteiger partial charge is 0.490 e. The number of hydrogen-bond donors (Lipinski definition) is 1. The summed E-state index contributed by atoms with van der Waals surface area (Å²) in [6.45, 7) is 4.56. The van der Waals surface area contributed by atoms with Gasteiger partial charge in [-0.1, -0.05) is 36.4 Å². The normalized spacial score (nSPS) is 16.1. The summed E-state index contributed by atoms with van der Waals surface area (Å²) >= 11 is 4.50. The van der Waals surface area contributed by atoms with Crippen molar-refractivity contribution >= 4 is 62.6 Å². The van der Waals surface area contributed by atoms with Gasteiger partial charge in [0.25, 0.3) is 0 Å². The number of hydrogen-bond acceptors (Lipinski definition) is 6. The second-order valence-electron chi connectivity index (χ2n) is 8.93. The van der Waals surface area contributed by atoms with E-state index in [9.17, 15) is 9.59 Å². The predicted molar refractivity (Wildman–Crippen MR) is 162 cm³/mol. The van der Waals surface area contributed by atoms with Crippen LogP contribution in [0.1, 0.15) is 46.8 Å². The highest BCUT2D eigenvalue weighted by Gasteiger charge is 2.43. The molecule has 1 aliphatic heterocycles. The Morgan fingerprint density at radius 3 is 2.39 bits per heavy atom. The van der Waals surface area contributed by atoms with Crippen LogP contribution in [0.2, 0.25) is 0 Å². The number of ether oxygens (including phenoxy) is 3. The molecule has 6 nitrogen and oxygen atoms in total. The summed E-state index contributed by atoms with van der Waals surface area (Å²) in [5.41, 5.74) is 5.56. The van der Waals surface area contributed by atoms with E-state index in [0.29, 0.717) is 47.1 Å². The summed E-state index contributed by atoms with van der Waals surface area (Å²) in [6.07, 6.45) is 0. The Balaban J connectivity index is 1.61. The molecular weight excluding hydrogens is 708 g/mol. The number of halogens is 2. The van der Waals surface area contributed by atoms with E-state index in [0.717, 1.165) is 29.5 Å². The third kappa shape index (κ3) is 4.84. The highest BCUT2D eigenvalue weighted by Crippen LogP contribution is 2.48. The van der Waals surface area contributed by atoms with Crippen LogP contribution in [0.15, 0.2) is 77.5 Å². The maximum absolute atomic E-state index is 13.7. The number of dihydropyridines is 1.